The number of carbonyl (C=O) groups excluding carboxylic acids is 1. The van der Waals surface area contributed by atoms with E-state index in [1.807, 2.05) is 23.1 Å². The van der Waals surface area contributed by atoms with Crippen LogP contribution in [0.15, 0.2) is 18.2 Å². The van der Waals surface area contributed by atoms with Crippen molar-refractivity contribution in [3.05, 3.63) is 18.2 Å². The van der Waals surface area contributed by atoms with Gasteiger partial charge in [0.05, 0.1) is 20.3 Å². The number of methoxy groups -OCH3 is 2. The second-order valence-corrected chi connectivity index (χ2v) is 6.49. The number of hydrogen-bond acceptors (Lipinski definition) is 5. The van der Waals surface area contributed by atoms with Gasteiger partial charge < -0.3 is 25.0 Å². The fourth-order valence-corrected chi connectivity index (χ4v) is 3.49. The van der Waals surface area contributed by atoms with Gasteiger partial charge in [0.15, 0.2) is 0 Å². The second-order valence-electron chi connectivity index (χ2n) is 6.49. The Balaban J connectivity index is 1.54. The van der Waals surface area contributed by atoms with Gasteiger partial charge in [-0.1, -0.05) is 0 Å². The highest BCUT2D eigenvalue weighted by atomic mass is 16.5. The van der Waals surface area contributed by atoms with Crippen molar-refractivity contribution >= 4 is 11.6 Å². The molecule has 2 saturated heterocycles. The van der Waals surface area contributed by atoms with Gasteiger partial charge in [-0.05, 0) is 32.2 Å². The topological polar surface area (TPSA) is 62.8 Å². The minimum Gasteiger partial charge on any atom is -0.497 e. The molecule has 1 amide bonds. The third-order valence-electron chi connectivity index (χ3n) is 4.89. The Morgan fingerprint density at radius 2 is 1.79 bits per heavy atom. The summed E-state index contributed by atoms with van der Waals surface area (Å²) in [5.41, 5.74) is 0.994. The number of nitrogens with zero attached hydrogens (tertiary/aromatic N) is 1. The van der Waals surface area contributed by atoms with E-state index in [0.717, 1.165) is 62.5 Å². The van der Waals surface area contributed by atoms with Crippen LogP contribution in [-0.4, -0.2) is 56.7 Å². The third-order valence-corrected chi connectivity index (χ3v) is 4.89. The van der Waals surface area contributed by atoms with Crippen LogP contribution in [0, 0.1) is 0 Å². The van der Waals surface area contributed by atoms with E-state index in [2.05, 4.69) is 10.6 Å². The molecule has 0 saturated carbocycles. The second kappa shape index (κ2) is 7.75. The Kier molecular flexibility index (Phi) is 5.45. The molecule has 2 heterocycles. The summed E-state index contributed by atoms with van der Waals surface area (Å²) in [7, 11) is 3.30. The highest BCUT2D eigenvalue weighted by Crippen LogP contribution is 2.27. The lowest BCUT2D eigenvalue weighted by atomic mass is 10.0. The Bertz CT molecular complexity index is 542. The Morgan fingerprint density at radius 1 is 1.12 bits per heavy atom. The normalized spacial score (nSPS) is 21.6. The van der Waals surface area contributed by atoms with E-state index in [-0.39, 0.29) is 11.9 Å². The number of nitrogens with one attached hydrogen (secondary N) is 2. The summed E-state index contributed by atoms with van der Waals surface area (Å²) in [5, 5.41) is 6.84. The van der Waals surface area contributed by atoms with Crippen molar-refractivity contribution in [1.29, 1.82) is 0 Å². The lowest BCUT2D eigenvalue weighted by Gasteiger charge is -2.34. The van der Waals surface area contributed by atoms with Gasteiger partial charge in [-0.2, -0.15) is 0 Å². The molecule has 6 nitrogen and oxygen atoms in total. The summed E-state index contributed by atoms with van der Waals surface area (Å²) in [6.07, 6.45) is 3.99. The summed E-state index contributed by atoms with van der Waals surface area (Å²) in [6.45, 7) is 2.59. The number of likely N-dealkylation sites (tertiary alicyclic amines) is 1. The number of piperidine rings is 1. The van der Waals surface area contributed by atoms with Crippen LogP contribution in [0.2, 0.25) is 0 Å². The highest BCUT2D eigenvalue weighted by Gasteiger charge is 2.29. The molecule has 2 aliphatic rings. The van der Waals surface area contributed by atoms with Gasteiger partial charge in [0.25, 0.3) is 0 Å². The molecular weight excluding hydrogens is 306 g/mol. The van der Waals surface area contributed by atoms with Gasteiger partial charge in [-0.3, -0.25) is 4.79 Å². The monoisotopic (exact) mass is 333 g/mol. The molecular formula is C18H27N3O3. The molecule has 0 spiro atoms. The number of amides is 1. The van der Waals surface area contributed by atoms with Crippen molar-refractivity contribution in [3.63, 3.8) is 0 Å². The summed E-state index contributed by atoms with van der Waals surface area (Å²) in [5.74, 6) is 1.82. The SMILES string of the molecule is COc1cc(NC2CCN(C(=O)C3CCCN3)CC2)cc(OC)c1. The smallest absolute Gasteiger partial charge is 0.239 e. The molecule has 2 fully saturated rings. The molecule has 0 radical (unpaired) electrons. The van der Waals surface area contributed by atoms with Crippen molar-refractivity contribution < 1.29 is 14.3 Å². The van der Waals surface area contributed by atoms with Gasteiger partial charge >= 0.3 is 0 Å². The molecule has 24 heavy (non-hydrogen) atoms. The van der Waals surface area contributed by atoms with Crippen LogP contribution in [0.25, 0.3) is 0 Å². The molecule has 3 rings (SSSR count). The van der Waals surface area contributed by atoms with E-state index >= 15 is 0 Å². The van der Waals surface area contributed by atoms with Crippen LogP contribution >= 0.6 is 0 Å². The zero-order valence-electron chi connectivity index (χ0n) is 14.5. The van der Waals surface area contributed by atoms with Crippen molar-refractivity contribution in [1.82, 2.24) is 10.2 Å². The fraction of sp³-hybridized carbons (Fsp3) is 0.611. The number of hydrogen-bond donors (Lipinski definition) is 2. The average molecular weight is 333 g/mol. The van der Waals surface area contributed by atoms with Gasteiger partial charge in [0, 0.05) is 43.0 Å². The summed E-state index contributed by atoms with van der Waals surface area (Å²) < 4.78 is 10.6. The predicted octanol–water partition coefficient (Wildman–Crippen LogP) is 1.86. The lowest BCUT2D eigenvalue weighted by molar-refractivity contribution is -0.134. The largest absolute Gasteiger partial charge is 0.497 e. The molecule has 2 N–H and O–H groups in total. The zero-order valence-corrected chi connectivity index (χ0v) is 14.5. The van der Waals surface area contributed by atoms with Gasteiger partial charge in [0.1, 0.15) is 11.5 Å². The first kappa shape index (κ1) is 16.9. The molecule has 0 aromatic heterocycles. The summed E-state index contributed by atoms with van der Waals surface area (Å²) in [4.78, 5) is 14.4. The number of rotatable bonds is 5. The van der Waals surface area contributed by atoms with Crippen molar-refractivity contribution in [2.75, 3.05) is 39.2 Å². The standard InChI is InChI=1S/C18H27N3O3/c1-23-15-10-14(11-16(12-15)24-2)20-13-5-8-21(9-6-13)18(22)17-4-3-7-19-17/h10-13,17,19-20H,3-9H2,1-2H3. The van der Waals surface area contributed by atoms with Crippen LogP contribution in [0.4, 0.5) is 5.69 Å². The first-order valence-electron chi connectivity index (χ1n) is 8.71. The van der Waals surface area contributed by atoms with Crippen LogP contribution in [0.5, 0.6) is 11.5 Å². The number of carbonyl (C=O) groups is 1. The third kappa shape index (κ3) is 3.93. The van der Waals surface area contributed by atoms with E-state index in [4.69, 9.17) is 9.47 Å². The van der Waals surface area contributed by atoms with Gasteiger partial charge in [-0.15, -0.1) is 0 Å². The molecule has 0 aliphatic carbocycles. The van der Waals surface area contributed by atoms with E-state index < -0.39 is 0 Å². The maximum atomic E-state index is 12.4. The number of anilines is 1. The number of ether oxygens (including phenoxy) is 2. The first-order chi connectivity index (χ1) is 11.7. The molecule has 1 unspecified atom stereocenters. The van der Waals surface area contributed by atoms with Gasteiger partial charge in [-0.25, -0.2) is 0 Å². The highest BCUT2D eigenvalue weighted by molar-refractivity contribution is 5.82. The summed E-state index contributed by atoms with van der Waals surface area (Å²) in [6, 6.07) is 6.21. The molecule has 1 atom stereocenters. The van der Waals surface area contributed by atoms with Crippen LogP contribution in [-0.2, 0) is 4.79 Å². The minimum absolute atomic E-state index is 0.0390. The van der Waals surface area contributed by atoms with Crippen LogP contribution in [0.1, 0.15) is 25.7 Å². The van der Waals surface area contributed by atoms with E-state index in [0.29, 0.717) is 6.04 Å². The molecule has 1 aromatic carbocycles. The van der Waals surface area contributed by atoms with E-state index in [1.54, 1.807) is 14.2 Å². The molecule has 2 aliphatic heterocycles. The molecule has 0 bridgehead atoms. The van der Waals surface area contributed by atoms with Crippen molar-refractivity contribution in [2.45, 2.75) is 37.8 Å². The average Bonchev–Trinajstić information content (AvgIpc) is 3.16. The Morgan fingerprint density at radius 3 is 2.33 bits per heavy atom. The summed E-state index contributed by atoms with van der Waals surface area (Å²) >= 11 is 0. The molecule has 1 aromatic rings. The maximum absolute atomic E-state index is 12.4. The lowest BCUT2D eigenvalue weighted by Crippen LogP contribution is -2.48. The maximum Gasteiger partial charge on any atom is 0.239 e. The van der Waals surface area contributed by atoms with Crippen LogP contribution < -0.4 is 20.1 Å². The van der Waals surface area contributed by atoms with Gasteiger partial charge in [0.2, 0.25) is 5.91 Å². The van der Waals surface area contributed by atoms with Crippen LogP contribution in [0.3, 0.4) is 0 Å². The Labute approximate surface area is 143 Å². The zero-order chi connectivity index (χ0) is 16.9. The van der Waals surface area contributed by atoms with E-state index in [1.165, 1.54) is 0 Å². The number of benzene rings is 1. The van der Waals surface area contributed by atoms with E-state index in [9.17, 15) is 4.79 Å². The van der Waals surface area contributed by atoms with Crippen molar-refractivity contribution in [2.24, 2.45) is 0 Å². The predicted molar refractivity (Wildman–Crippen MR) is 93.8 cm³/mol. The minimum atomic E-state index is 0.0390. The molecule has 6 heteroatoms. The first-order valence-corrected chi connectivity index (χ1v) is 8.71. The Hall–Kier alpha value is -1.95. The molecule has 132 valence electrons. The fourth-order valence-electron chi connectivity index (χ4n) is 3.49. The quantitative estimate of drug-likeness (QED) is 0.861. The van der Waals surface area contributed by atoms with Crippen molar-refractivity contribution in [3.8, 4) is 11.5 Å².